The molecule has 0 bridgehead atoms. The Hall–Kier alpha value is -1.60. The monoisotopic (exact) mass is 210 g/mol. The van der Waals surface area contributed by atoms with Crippen molar-refractivity contribution in [2.45, 2.75) is 6.92 Å². The molecule has 15 heavy (non-hydrogen) atoms. The number of nitro groups is 1. The molecule has 0 radical (unpaired) electrons. The molecule has 0 aromatic heterocycles. The van der Waals surface area contributed by atoms with Gasteiger partial charge in [-0.15, -0.1) is 0 Å². The highest BCUT2D eigenvalue weighted by Crippen LogP contribution is 2.21. The van der Waals surface area contributed by atoms with Gasteiger partial charge in [-0.25, -0.2) is 0 Å². The van der Waals surface area contributed by atoms with Crippen LogP contribution in [0.1, 0.15) is 6.92 Å². The second kappa shape index (κ2) is 4.76. The van der Waals surface area contributed by atoms with Crippen molar-refractivity contribution in [3.63, 3.8) is 0 Å². The maximum atomic E-state index is 10.7. The van der Waals surface area contributed by atoms with Gasteiger partial charge in [0, 0.05) is 12.6 Å². The van der Waals surface area contributed by atoms with Crippen LogP contribution in [0, 0.1) is 10.1 Å². The molecular weight excluding hydrogens is 199 g/mol. The third kappa shape index (κ3) is 2.68. The Morgan fingerprint density at radius 2 is 2.20 bits per heavy atom. The van der Waals surface area contributed by atoms with E-state index in [1.165, 1.54) is 12.1 Å². The van der Waals surface area contributed by atoms with Gasteiger partial charge >= 0.3 is 7.12 Å². The number of hydrogen-bond acceptors (Lipinski definition) is 5. The van der Waals surface area contributed by atoms with Gasteiger partial charge in [-0.2, -0.15) is 0 Å². The lowest BCUT2D eigenvalue weighted by molar-refractivity contribution is -0.383. The number of rotatable bonds is 4. The lowest BCUT2D eigenvalue weighted by Crippen LogP contribution is -2.29. The Bertz CT molecular complexity index is 370. The minimum Gasteiger partial charge on any atom is -0.423 e. The van der Waals surface area contributed by atoms with Gasteiger partial charge in [-0.1, -0.05) is 6.07 Å². The summed E-state index contributed by atoms with van der Waals surface area (Å²) in [7, 11) is -1.70. The van der Waals surface area contributed by atoms with Crippen LogP contribution < -0.4 is 10.8 Å². The SMILES string of the molecule is CCNc1ccc(B(O)O)cc1[N+](=O)[O-]. The van der Waals surface area contributed by atoms with Crippen molar-refractivity contribution in [2.24, 2.45) is 0 Å². The average Bonchev–Trinajstić information content (AvgIpc) is 2.18. The number of nitro benzene ring substituents is 1. The van der Waals surface area contributed by atoms with Crippen molar-refractivity contribution in [1.29, 1.82) is 0 Å². The highest BCUT2D eigenvalue weighted by molar-refractivity contribution is 6.58. The van der Waals surface area contributed by atoms with E-state index in [1.807, 2.05) is 6.92 Å². The van der Waals surface area contributed by atoms with Crippen LogP contribution >= 0.6 is 0 Å². The molecule has 0 atom stereocenters. The molecule has 0 unspecified atom stereocenters. The summed E-state index contributed by atoms with van der Waals surface area (Å²) in [6, 6.07) is 4.02. The quantitative estimate of drug-likeness (QED) is 0.360. The summed E-state index contributed by atoms with van der Waals surface area (Å²) in [5.74, 6) is 0. The minimum absolute atomic E-state index is 0.100. The molecule has 6 nitrogen and oxygen atoms in total. The molecular formula is C8H11BN2O4. The zero-order valence-corrected chi connectivity index (χ0v) is 8.17. The van der Waals surface area contributed by atoms with Gasteiger partial charge in [-0.3, -0.25) is 10.1 Å². The van der Waals surface area contributed by atoms with Gasteiger partial charge in [0.2, 0.25) is 0 Å². The third-order valence-electron chi connectivity index (χ3n) is 1.88. The molecule has 0 fully saturated rings. The maximum absolute atomic E-state index is 10.7. The van der Waals surface area contributed by atoms with E-state index in [9.17, 15) is 10.1 Å². The first-order chi connectivity index (χ1) is 7.06. The fourth-order valence-electron chi connectivity index (χ4n) is 1.20. The molecule has 0 aliphatic rings. The number of nitrogens with one attached hydrogen (secondary N) is 1. The largest absolute Gasteiger partial charge is 0.488 e. The minimum atomic E-state index is -1.70. The fraction of sp³-hybridized carbons (Fsp3) is 0.250. The molecule has 0 heterocycles. The van der Waals surface area contributed by atoms with Crippen molar-refractivity contribution in [2.75, 3.05) is 11.9 Å². The number of benzene rings is 1. The van der Waals surface area contributed by atoms with Crippen LogP contribution in [-0.2, 0) is 0 Å². The normalized spacial score (nSPS) is 9.80. The Kier molecular flexibility index (Phi) is 3.65. The van der Waals surface area contributed by atoms with Crippen LogP contribution in [0.15, 0.2) is 18.2 Å². The lowest BCUT2D eigenvalue weighted by Gasteiger charge is -2.06. The first-order valence-electron chi connectivity index (χ1n) is 4.44. The Labute approximate surface area is 86.8 Å². The number of nitrogens with zero attached hydrogens (tertiary/aromatic N) is 1. The van der Waals surface area contributed by atoms with Crippen LogP contribution in [0.5, 0.6) is 0 Å². The van der Waals surface area contributed by atoms with Crippen LogP contribution in [0.4, 0.5) is 11.4 Å². The summed E-state index contributed by atoms with van der Waals surface area (Å²) in [6.07, 6.45) is 0. The summed E-state index contributed by atoms with van der Waals surface area (Å²) in [4.78, 5) is 10.1. The molecule has 1 rings (SSSR count). The smallest absolute Gasteiger partial charge is 0.423 e. The molecule has 1 aromatic carbocycles. The second-order valence-electron chi connectivity index (χ2n) is 2.94. The van der Waals surface area contributed by atoms with E-state index >= 15 is 0 Å². The van der Waals surface area contributed by atoms with Crippen molar-refractivity contribution in [3.05, 3.63) is 28.3 Å². The van der Waals surface area contributed by atoms with Crippen LogP contribution in [0.3, 0.4) is 0 Å². The van der Waals surface area contributed by atoms with E-state index in [4.69, 9.17) is 10.0 Å². The zero-order valence-electron chi connectivity index (χ0n) is 8.17. The average molecular weight is 210 g/mol. The first-order valence-corrected chi connectivity index (χ1v) is 4.44. The van der Waals surface area contributed by atoms with Gasteiger partial charge in [-0.05, 0) is 18.5 Å². The van der Waals surface area contributed by atoms with E-state index in [-0.39, 0.29) is 11.2 Å². The molecule has 80 valence electrons. The van der Waals surface area contributed by atoms with Gasteiger partial charge in [0.1, 0.15) is 5.69 Å². The van der Waals surface area contributed by atoms with Crippen molar-refractivity contribution < 1.29 is 15.0 Å². The van der Waals surface area contributed by atoms with Gasteiger partial charge in [0.15, 0.2) is 0 Å². The summed E-state index contributed by atoms with van der Waals surface area (Å²) in [5, 5.41) is 31.2. The maximum Gasteiger partial charge on any atom is 0.488 e. The van der Waals surface area contributed by atoms with E-state index in [0.29, 0.717) is 12.2 Å². The summed E-state index contributed by atoms with van der Waals surface area (Å²) >= 11 is 0. The standard InChI is InChI=1S/C8H11BN2O4/c1-2-10-7-4-3-6(9(12)13)5-8(7)11(14)15/h3-5,10,12-13H,2H2,1H3. The summed E-state index contributed by atoms with van der Waals surface area (Å²) < 4.78 is 0. The lowest BCUT2D eigenvalue weighted by atomic mass is 9.80. The van der Waals surface area contributed by atoms with Gasteiger partial charge < -0.3 is 15.4 Å². The summed E-state index contributed by atoms with van der Waals surface area (Å²) in [6.45, 7) is 2.38. The second-order valence-corrected chi connectivity index (χ2v) is 2.94. The predicted molar refractivity (Wildman–Crippen MR) is 57.1 cm³/mol. The first kappa shape index (κ1) is 11.5. The third-order valence-corrected chi connectivity index (χ3v) is 1.88. The number of anilines is 1. The predicted octanol–water partition coefficient (Wildman–Crippen LogP) is -0.294. The van der Waals surface area contributed by atoms with Gasteiger partial charge in [0.05, 0.1) is 4.92 Å². The topological polar surface area (TPSA) is 95.6 Å². The summed E-state index contributed by atoms with van der Waals surface area (Å²) in [5.41, 5.74) is 0.303. The molecule has 1 aromatic rings. The van der Waals surface area contributed by atoms with E-state index < -0.39 is 12.0 Å². The highest BCUT2D eigenvalue weighted by Gasteiger charge is 2.19. The zero-order chi connectivity index (χ0) is 11.4. The molecule has 0 saturated carbocycles. The fourth-order valence-corrected chi connectivity index (χ4v) is 1.20. The van der Waals surface area contributed by atoms with Crippen molar-refractivity contribution >= 4 is 24.0 Å². The van der Waals surface area contributed by atoms with E-state index in [1.54, 1.807) is 0 Å². The number of hydrogen-bond donors (Lipinski definition) is 3. The van der Waals surface area contributed by atoms with Crippen LogP contribution in [0.25, 0.3) is 0 Å². The molecule has 0 saturated heterocycles. The molecule has 3 N–H and O–H groups in total. The Morgan fingerprint density at radius 1 is 1.53 bits per heavy atom. The van der Waals surface area contributed by atoms with E-state index in [2.05, 4.69) is 5.32 Å². The Morgan fingerprint density at radius 3 is 2.67 bits per heavy atom. The molecule has 0 aliphatic heterocycles. The van der Waals surface area contributed by atoms with E-state index in [0.717, 1.165) is 6.07 Å². The molecule has 0 amide bonds. The highest BCUT2D eigenvalue weighted by atomic mass is 16.6. The van der Waals surface area contributed by atoms with Crippen LogP contribution in [-0.4, -0.2) is 28.6 Å². The van der Waals surface area contributed by atoms with Crippen LogP contribution in [0.2, 0.25) is 0 Å². The molecule has 0 spiro atoms. The van der Waals surface area contributed by atoms with Gasteiger partial charge in [0.25, 0.3) is 5.69 Å². The Balaban J connectivity index is 3.14. The van der Waals surface area contributed by atoms with Crippen molar-refractivity contribution in [1.82, 2.24) is 0 Å². The molecule has 0 aliphatic carbocycles. The molecule has 7 heteroatoms. The van der Waals surface area contributed by atoms with Crippen molar-refractivity contribution in [3.8, 4) is 0 Å².